The number of nitrogens with one attached hydrogen (secondary N) is 1. The van der Waals surface area contributed by atoms with Crippen LogP contribution in [-0.4, -0.2) is 22.5 Å². The Balaban J connectivity index is 2.28. The van der Waals surface area contributed by atoms with Crippen LogP contribution >= 0.6 is 0 Å². The predicted octanol–water partition coefficient (Wildman–Crippen LogP) is 2.34. The molecule has 0 saturated carbocycles. The predicted molar refractivity (Wildman–Crippen MR) is 71.8 cm³/mol. The maximum Gasteiger partial charge on any atom is 0.267 e. The topological polar surface area (TPSA) is 47.0 Å². The summed E-state index contributed by atoms with van der Waals surface area (Å²) in [5.41, 5.74) is 1.80. The van der Waals surface area contributed by atoms with Crippen LogP contribution in [0.1, 0.15) is 32.0 Å². The molecule has 2 rings (SSSR count). The van der Waals surface area contributed by atoms with Crippen molar-refractivity contribution >= 4 is 0 Å². The van der Waals surface area contributed by atoms with E-state index < -0.39 is 0 Å². The highest BCUT2D eigenvalue weighted by Gasteiger charge is 2.27. The summed E-state index contributed by atoms with van der Waals surface area (Å²) in [6.07, 6.45) is 6.91. The SMILES string of the molecule is COC1(C)C=CC=C(C(C)n2[nH]c(C)cc2=O)C1. The Bertz CT molecular complexity index is 550. The number of hydrogen-bond acceptors (Lipinski definition) is 2. The van der Waals surface area contributed by atoms with Crippen molar-refractivity contribution < 1.29 is 4.74 Å². The summed E-state index contributed by atoms with van der Waals surface area (Å²) < 4.78 is 7.17. The lowest BCUT2D eigenvalue weighted by Crippen LogP contribution is -2.30. The number of aromatic amines is 1. The number of rotatable bonds is 3. The molecule has 0 aliphatic heterocycles. The zero-order valence-corrected chi connectivity index (χ0v) is 11.4. The lowest BCUT2D eigenvalue weighted by molar-refractivity contribution is 0.0461. The smallest absolute Gasteiger partial charge is 0.267 e. The van der Waals surface area contributed by atoms with Gasteiger partial charge in [0.15, 0.2) is 0 Å². The van der Waals surface area contributed by atoms with Crippen LogP contribution < -0.4 is 5.56 Å². The van der Waals surface area contributed by atoms with Gasteiger partial charge in [-0.2, -0.15) is 0 Å². The summed E-state index contributed by atoms with van der Waals surface area (Å²) in [5, 5.41) is 3.09. The van der Waals surface area contributed by atoms with Gasteiger partial charge in [0, 0.05) is 25.3 Å². The van der Waals surface area contributed by atoms with Crippen LogP contribution in [0, 0.1) is 6.92 Å². The molecule has 1 heterocycles. The molecule has 4 nitrogen and oxygen atoms in total. The Hall–Kier alpha value is -1.55. The van der Waals surface area contributed by atoms with Gasteiger partial charge in [-0.1, -0.05) is 18.2 Å². The average Bonchev–Trinajstić information content (AvgIpc) is 2.67. The number of hydrogen-bond donors (Lipinski definition) is 1. The summed E-state index contributed by atoms with van der Waals surface area (Å²) in [7, 11) is 1.71. The molecule has 2 atom stereocenters. The van der Waals surface area contributed by atoms with E-state index >= 15 is 0 Å². The van der Waals surface area contributed by atoms with Gasteiger partial charge in [0.25, 0.3) is 5.56 Å². The van der Waals surface area contributed by atoms with Gasteiger partial charge in [-0.05, 0) is 26.3 Å². The number of allylic oxidation sites excluding steroid dienone is 2. The summed E-state index contributed by atoms with van der Waals surface area (Å²) in [6, 6.07) is 1.64. The van der Waals surface area contributed by atoms with Crippen molar-refractivity contribution in [1.29, 1.82) is 0 Å². The van der Waals surface area contributed by atoms with Gasteiger partial charge >= 0.3 is 0 Å². The van der Waals surface area contributed by atoms with E-state index in [2.05, 4.69) is 11.2 Å². The van der Waals surface area contributed by atoms with Crippen molar-refractivity contribution in [2.45, 2.75) is 38.8 Å². The monoisotopic (exact) mass is 248 g/mol. The largest absolute Gasteiger partial charge is 0.374 e. The van der Waals surface area contributed by atoms with Crippen LogP contribution in [0.2, 0.25) is 0 Å². The third kappa shape index (κ3) is 2.34. The minimum atomic E-state index is -0.274. The molecule has 1 aromatic rings. The third-order valence-electron chi connectivity index (χ3n) is 3.58. The summed E-state index contributed by atoms with van der Waals surface area (Å²) >= 11 is 0. The first kappa shape index (κ1) is 12.9. The number of methoxy groups -OCH3 is 1. The van der Waals surface area contributed by atoms with Gasteiger partial charge in [-0.3, -0.25) is 9.89 Å². The fourth-order valence-electron chi connectivity index (χ4n) is 2.31. The van der Waals surface area contributed by atoms with Crippen molar-refractivity contribution in [3.05, 3.63) is 45.9 Å². The molecule has 1 aliphatic carbocycles. The molecule has 1 aromatic heterocycles. The number of nitrogens with zero attached hydrogens (tertiary/aromatic N) is 1. The van der Waals surface area contributed by atoms with E-state index in [4.69, 9.17) is 4.74 Å². The van der Waals surface area contributed by atoms with Crippen LogP contribution in [0.15, 0.2) is 34.7 Å². The van der Waals surface area contributed by atoms with Crippen molar-refractivity contribution in [1.82, 2.24) is 9.78 Å². The van der Waals surface area contributed by atoms with Crippen LogP contribution in [0.4, 0.5) is 0 Å². The zero-order valence-electron chi connectivity index (χ0n) is 11.4. The molecule has 0 saturated heterocycles. The molecule has 1 aliphatic rings. The van der Waals surface area contributed by atoms with Crippen molar-refractivity contribution in [2.75, 3.05) is 7.11 Å². The molecule has 0 amide bonds. The maximum absolute atomic E-state index is 11.8. The summed E-state index contributed by atoms with van der Waals surface area (Å²) in [6.45, 7) is 5.96. The quantitative estimate of drug-likeness (QED) is 0.892. The lowest BCUT2D eigenvalue weighted by Gasteiger charge is -2.30. The van der Waals surface area contributed by atoms with Crippen LogP contribution in [0.3, 0.4) is 0 Å². The van der Waals surface area contributed by atoms with Gasteiger partial charge < -0.3 is 4.74 Å². The molecule has 0 radical (unpaired) electrons. The Labute approximate surface area is 107 Å². The average molecular weight is 248 g/mol. The number of ether oxygens (including phenoxy) is 1. The molecule has 0 bridgehead atoms. The van der Waals surface area contributed by atoms with E-state index in [1.807, 2.05) is 32.9 Å². The maximum atomic E-state index is 11.8. The van der Waals surface area contributed by atoms with Crippen LogP contribution in [0.5, 0.6) is 0 Å². The first-order chi connectivity index (χ1) is 8.45. The Morgan fingerprint density at radius 1 is 1.56 bits per heavy atom. The first-order valence-electron chi connectivity index (χ1n) is 6.17. The number of H-pyrrole nitrogens is 1. The number of aryl methyl sites for hydroxylation is 1. The molecule has 2 unspecified atom stereocenters. The highest BCUT2D eigenvalue weighted by Crippen LogP contribution is 2.31. The molecule has 1 N–H and O–H groups in total. The Morgan fingerprint density at radius 3 is 2.83 bits per heavy atom. The van der Waals surface area contributed by atoms with E-state index in [1.165, 1.54) is 5.57 Å². The highest BCUT2D eigenvalue weighted by molar-refractivity contribution is 5.27. The molecule has 18 heavy (non-hydrogen) atoms. The molecule has 0 spiro atoms. The molecular weight excluding hydrogens is 228 g/mol. The summed E-state index contributed by atoms with van der Waals surface area (Å²) in [5.74, 6) is 0. The second kappa shape index (κ2) is 4.61. The fourth-order valence-corrected chi connectivity index (χ4v) is 2.31. The Morgan fingerprint density at radius 2 is 2.28 bits per heavy atom. The molecule has 4 heteroatoms. The second-order valence-corrected chi connectivity index (χ2v) is 5.12. The second-order valence-electron chi connectivity index (χ2n) is 5.12. The van der Waals surface area contributed by atoms with Crippen molar-refractivity contribution in [3.8, 4) is 0 Å². The molecule has 98 valence electrons. The zero-order chi connectivity index (χ0) is 13.3. The van der Waals surface area contributed by atoms with E-state index in [-0.39, 0.29) is 17.2 Å². The minimum absolute atomic E-state index is 0.00886. The van der Waals surface area contributed by atoms with Crippen LogP contribution in [0.25, 0.3) is 0 Å². The third-order valence-corrected chi connectivity index (χ3v) is 3.58. The van der Waals surface area contributed by atoms with Gasteiger partial charge in [-0.15, -0.1) is 0 Å². The van der Waals surface area contributed by atoms with E-state index in [0.29, 0.717) is 0 Å². The van der Waals surface area contributed by atoms with E-state index in [0.717, 1.165) is 12.1 Å². The normalized spacial score (nSPS) is 25.0. The van der Waals surface area contributed by atoms with Crippen molar-refractivity contribution in [3.63, 3.8) is 0 Å². The van der Waals surface area contributed by atoms with Gasteiger partial charge in [0.1, 0.15) is 0 Å². The Kier molecular flexibility index (Phi) is 3.30. The standard InChI is InChI=1S/C14H20N2O2/c1-10-8-13(17)16(15-10)11(2)12-6-5-7-14(3,9-12)18-4/h5-8,11,15H,9H2,1-4H3. The van der Waals surface area contributed by atoms with Crippen LogP contribution in [-0.2, 0) is 4.74 Å². The minimum Gasteiger partial charge on any atom is -0.374 e. The van der Waals surface area contributed by atoms with Gasteiger partial charge in [0.05, 0.1) is 11.6 Å². The van der Waals surface area contributed by atoms with E-state index in [1.54, 1.807) is 17.9 Å². The molecule has 0 aromatic carbocycles. The first-order valence-corrected chi connectivity index (χ1v) is 6.17. The number of aromatic nitrogens is 2. The van der Waals surface area contributed by atoms with E-state index in [9.17, 15) is 4.79 Å². The highest BCUT2D eigenvalue weighted by atomic mass is 16.5. The summed E-state index contributed by atoms with van der Waals surface area (Å²) in [4.78, 5) is 11.8. The molecular formula is C14H20N2O2. The molecule has 0 fully saturated rings. The fraction of sp³-hybridized carbons (Fsp3) is 0.500. The van der Waals surface area contributed by atoms with Gasteiger partial charge in [0.2, 0.25) is 0 Å². The van der Waals surface area contributed by atoms with Gasteiger partial charge in [-0.25, -0.2) is 4.68 Å². The lowest BCUT2D eigenvalue weighted by atomic mass is 9.88. The van der Waals surface area contributed by atoms with Crippen molar-refractivity contribution in [2.24, 2.45) is 0 Å².